The van der Waals surface area contributed by atoms with Crippen LogP contribution in [0.2, 0.25) is 0 Å². The second kappa shape index (κ2) is 7.34. The summed E-state index contributed by atoms with van der Waals surface area (Å²) >= 11 is 0. The fourth-order valence-electron chi connectivity index (χ4n) is 3.50. The van der Waals surface area contributed by atoms with Crippen LogP contribution in [0.5, 0.6) is 0 Å². The van der Waals surface area contributed by atoms with E-state index in [-0.39, 0.29) is 17.8 Å². The van der Waals surface area contributed by atoms with Crippen LogP contribution in [0.4, 0.5) is 11.5 Å². The Balaban J connectivity index is 1.41. The molecular weight excluding hydrogens is 346 g/mol. The summed E-state index contributed by atoms with van der Waals surface area (Å²) in [5, 5.41) is 11.0. The van der Waals surface area contributed by atoms with Gasteiger partial charge in [-0.3, -0.25) is 10.1 Å². The van der Waals surface area contributed by atoms with Crippen LogP contribution < -0.4 is 4.90 Å². The molecule has 4 rings (SSSR count). The van der Waals surface area contributed by atoms with Crippen LogP contribution >= 0.6 is 0 Å². The van der Waals surface area contributed by atoms with Crippen molar-refractivity contribution < 1.29 is 14.5 Å². The van der Waals surface area contributed by atoms with Gasteiger partial charge in [0, 0.05) is 37.6 Å². The highest BCUT2D eigenvalue weighted by molar-refractivity contribution is 5.89. The molecule has 2 fully saturated rings. The molecule has 0 bridgehead atoms. The molecule has 2 heterocycles. The molecule has 0 spiro atoms. The van der Waals surface area contributed by atoms with E-state index < -0.39 is 4.92 Å². The number of hydrogen-bond donors (Lipinski definition) is 0. The summed E-state index contributed by atoms with van der Waals surface area (Å²) in [4.78, 5) is 29.4. The maximum Gasteiger partial charge on any atom is 0.338 e. The van der Waals surface area contributed by atoms with E-state index in [4.69, 9.17) is 4.74 Å². The van der Waals surface area contributed by atoms with E-state index in [1.807, 2.05) is 18.2 Å². The average molecular weight is 367 g/mol. The standard InChI is InChI=1S/C20H21N3O4/c24-20(15-4-2-1-3-5-15)27-17-8-10-22(11-9-17)19-18(14-6-7-14)12-16(13-21-19)23(25)26/h1-5,12-14,17H,6-11H2. The number of ether oxygens (including phenoxy) is 1. The Labute approximate surface area is 157 Å². The number of rotatable bonds is 5. The fraction of sp³-hybridized carbons (Fsp3) is 0.400. The minimum absolute atomic E-state index is 0.0485. The first-order valence-corrected chi connectivity index (χ1v) is 9.27. The van der Waals surface area contributed by atoms with Crippen LogP contribution in [-0.2, 0) is 4.74 Å². The molecule has 0 amide bonds. The maximum atomic E-state index is 12.2. The zero-order valence-electron chi connectivity index (χ0n) is 14.9. The lowest BCUT2D eigenvalue weighted by Crippen LogP contribution is -2.38. The van der Waals surface area contributed by atoms with E-state index in [2.05, 4.69) is 9.88 Å². The molecule has 1 aromatic carbocycles. The van der Waals surface area contributed by atoms with Crippen molar-refractivity contribution in [3.8, 4) is 0 Å². The highest BCUT2D eigenvalue weighted by atomic mass is 16.6. The van der Waals surface area contributed by atoms with Crippen LogP contribution in [-0.4, -0.2) is 35.1 Å². The van der Waals surface area contributed by atoms with Crippen molar-refractivity contribution >= 4 is 17.5 Å². The predicted octanol–water partition coefficient (Wildman–Crippen LogP) is 3.69. The molecule has 1 aliphatic carbocycles. The largest absolute Gasteiger partial charge is 0.459 e. The van der Waals surface area contributed by atoms with Gasteiger partial charge >= 0.3 is 5.97 Å². The molecule has 0 radical (unpaired) electrons. The Bertz CT molecular complexity index is 844. The summed E-state index contributed by atoms with van der Waals surface area (Å²) in [5.41, 5.74) is 1.59. The molecule has 2 aliphatic rings. The number of nitro groups is 1. The monoisotopic (exact) mass is 367 g/mol. The van der Waals surface area contributed by atoms with E-state index in [0.717, 1.165) is 50.2 Å². The van der Waals surface area contributed by atoms with Crippen molar-refractivity contribution in [2.75, 3.05) is 18.0 Å². The number of piperidine rings is 1. The van der Waals surface area contributed by atoms with Gasteiger partial charge in [-0.25, -0.2) is 9.78 Å². The van der Waals surface area contributed by atoms with E-state index in [1.165, 1.54) is 6.20 Å². The van der Waals surface area contributed by atoms with Gasteiger partial charge in [-0.05, 0) is 30.9 Å². The number of pyridine rings is 1. The number of carbonyl (C=O) groups excluding carboxylic acids is 1. The van der Waals surface area contributed by atoms with E-state index in [9.17, 15) is 14.9 Å². The second-order valence-electron chi connectivity index (χ2n) is 7.10. The Kier molecular flexibility index (Phi) is 4.75. The lowest BCUT2D eigenvalue weighted by molar-refractivity contribution is -0.385. The molecule has 0 unspecified atom stereocenters. The lowest BCUT2D eigenvalue weighted by atomic mass is 10.1. The average Bonchev–Trinajstić information content (AvgIpc) is 3.54. The van der Waals surface area contributed by atoms with Crippen LogP contribution in [0.25, 0.3) is 0 Å². The molecule has 1 saturated carbocycles. The third-order valence-electron chi connectivity index (χ3n) is 5.13. The molecule has 2 aromatic rings. The number of esters is 1. The summed E-state index contributed by atoms with van der Waals surface area (Å²) in [5.74, 6) is 0.929. The summed E-state index contributed by atoms with van der Waals surface area (Å²) < 4.78 is 5.63. The SMILES string of the molecule is O=C(OC1CCN(c2ncc([N+](=O)[O-])cc2C2CC2)CC1)c1ccccc1. The minimum Gasteiger partial charge on any atom is -0.459 e. The molecule has 7 heteroatoms. The molecule has 140 valence electrons. The van der Waals surface area contributed by atoms with Gasteiger partial charge in [0.25, 0.3) is 5.69 Å². The number of benzene rings is 1. The van der Waals surface area contributed by atoms with E-state index in [0.29, 0.717) is 11.5 Å². The van der Waals surface area contributed by atoms with Gasteiger partial charge in [-0.2, -0.15) is 0 Å². The van der Waals surface area contributed by atoms with Gasteiger partial charge in [0.2, 0.25) is 0 Å². The van der Waals surface area contributed by atoms with E-state index >= 15 is 0 Å². The molecule has 7 nitrogen and oxygen atoms in total. The smallest absolute Gasteiger partial charge is 0.338 e. The fourth-order valence-corrected chi connectivity index (χ4v) is 3.50. The van der Waals surface area contributed by atoms with Gasteiger partial charge in [0.1, 0.15) is 18.1 Å². The molecule has 1 aromatic heterocycles. The third kappa shape index (κ3) is 3.92. The molecular formula is C20H21N3O4. The minimum atomic E-state index is -0.391. The Hall–Kier alpha value is -2.96. The van der Waals surface area contributed by atoms with Crippen molar-refractivity contribution in [1.82, 2.24) is 4.98 Å². The van der Waals surface area contributed by atoms with Crippen molar-refractivity contribution in [3.05, 3.63) is 63.8 Å². The van der Waals surface area contributed by atoms with Gasteiger partial charge in [0.05, 0.1) is 10.5 Å². The Morgan fingerprint density at radius 3 is 2.48 bits per heavy atom. The van der Waals surface area contributed by atoms with Crippen molar-refractivity contribution in [1.29, 1.82) is 0 Å². The van der Waals surface area contributed by atoms with Crippen molar-refractivity contribution in [2.45, 2.75) is 37.7 Å². The Morgan fingerprint density at radius 1 is 1.15 bits per heavy atom. The molecule has 1 saturated heterocycles. The molecule has 0 N–H and O–H groups in total. The first kappa shape index (κ1) is 17.5. The highest BCUT2D eigenvalue weighted by Crippen LogP contribution is 2.45. The third-order valence-corrected chi connectivity index (χ3v) is 5.13. The molecule has 27 heavy (non-hydrogen) atoms. The number of hydrogen-bond acceptors (Lipinski definition) is 6. The summed E-state index contributed by atoms with van der Waals surface area (Å²) in [7, 11) is 0. The van der Waals surface area contributed by atoms with Gasteiger partial charge < -0.3 is 9.64 Å². The summed E-state index contributed by atoms with van der Waals surface area (Å²) in [6, 6.07) is 10.7. The summed E-state index contributed by atoms with van der Waals surface area (Å²) in [6.07, 6.45) is 4.78. The quantitative estimate of drug-likeness (QED) is 0.455. The number of anilines is 1. The molecule has 0 atom stereocenters. The van der Waals surface area contributed by atoms with Crippen molar-refractivity contribution in [2.24, 2.45) is 0 Å². The molecule has 1 aliphatic heterocycles. The van der Waals surface area contributed by atoms with Gasteiger partial charge in [-0.1, -0.05) is 18.2 Å². The summed E-state index contributed by atoms with van der Waals surface area (Å²) in [6.45, 7) is 1.44. The first-order chi connectivity index (χ1) is 13.1. The maximum absolute atomic E-state index is 12.2. The topological polar surface area (TPSA) is 85.6 Å². The zero-order valence-corrected chi connectivity index (χ0v) is 14.9. The first-order valence-electron chi connectivity index (χ1n) is 9.27. The van der Waals surface area contributed by atoms with Crippen LogP contribution in [0.3, 0.4) is 0 Å². The zero-order chi connectivity index (χ0) is 18.8. The van der Waals surface area contributed by atoms with Crippen LogP contribution in [0.15, 0.2) is 42.6 Å². The van der Waals surface area contributed by atoms with Gasteiger partial charge in [0.15, 0.2) is 0 Å². The lowest BCUT2D eigenvalue weighted by Gasteiger charge is -2.33. The highest BCUT2D eigenvalue weighted by Gasteiger charge is 2.32. The number of aromatic nitrogens is 1. The number of carbonyl (C=O) groups is 1. The van der Waals surface area contributed by atoms with Crippen LogP contribution in [0.1, 0.15) is 47.5 Å². The second-order valence-corrected chi connectivity index (χ2v) is 7.10. The number of nitrogens with zero attached hydrogens (tertiary/aromatic N) is 3. The predicted molar refractivity (Wildman–Crippen MR) is 100.0 cm³/mol. The van der Waals surface area contributed by atoms with Crippen LogP contribution in [0, 0.1) is 10.1 Å². The normalized spacial score (nSPS) is 17.6. The van der Waals surface area contributed by atoms with E-state index in [1.54, 1.807) is 18.2 Å². The Morgan fingerprint density at radius 2 is 1.85 bits per heavy atom. The van der Waals surface area contributed by atoms with Gasteiger partial charge in [-0.15, -0.1) is 0 Å². The van der Waals surface area contributed by atoms with Crippen molar-refractivity contribution in [3.63, 3.8) is 0 Å².